The number of allylic oxidation sites excluding steroid dienone is 1. The lowest BCUT2D eigenvalue weighted by Crippen LogP contribution is -2.09. The van der Waals surface area contributed by atoms with E-state index >= 15 is 0 Å². The Balaban J connectivity index is 1.51. The van der Waals surface area contributed by atoms with E-state index < -0.39 is 0 Å². The lowest BCUT2D eigenvalue weighted by Gasteiger charge is -2.07. The second-order valence-corrected chi connectivity index (χ2v) is 9.35. The van der Waals surface area contributed by atoms with Gasteiger partial charge in [0.1, 0.15) is 12.4 Å². The minimum Gasteiger partial charge on any atom is -0.508 e. The van der Waals surface area contributed by atoms with Gasteiger partial charge in [0.05, 0.1) is 6.20 Å². The summed E-state index contributed by atoms with van der Waals surface area (Å²) in [5, 5.41) is 9.36. The molecule has 4 heteroatoms. The van der Waals surface area contributed by atoms with Crippen molar-refractivity contribution in [1.29, 1.82) is 0 Å². The van der Waals surface area contributed by atoms with Gasteiger partial charge in [-0.2, -0.15) is 0 Å². The number of hydrogen-bond acceptors (Lipinski definition) is 3. The molecule has 188 valence electrons. The molecule has 2 aromatic rings. The Labute approximate surface area is 206 Å². The number of phenolic OH excluding ortho intramolecular Hbond substituents is 1. The van der Waals surface area contributed by atoms with Crippen LogP contribution in [0.5, 0.6) is 11.5 Å². The lowest BCUT2D eigenvalue weighted by molar-refractivity contribution is 0.301. The number of pyridine rings is 1. The lowest BCUT2D eigenvalue weighted by atomic mass is 10.0. The summed E-state index contributed by atoms with van der Waals surface area (Å²) in [6.45, 7) is 2.57. The number of aromatic hydroxyl groups is 1. The van der Waals surface area contributed by atoms with Crippen LogP contribution in [0.15, 0.2) is 53.6 Å². The van der Waals surface area contributed by atoms with Gasteiger partial charge in [-0.15, -0.1) is 0 Å². The van der Waals surface area contributed by atoms with Gasteiger partial charge in [0.15, 0.2) is 5.75 Å². The molecule has 0 spiro atoms. The molecule has 2 rings (SSSR count). The second kappa shape index (κ2) is 17.9. The van der Waals surface area contributed by atoms with E-state index in [4.69, 9.17) is 4.74 Å². The van der Waals surface area contributed by atoms with Gasteiger partial charge in [0.25, 0.3) is 0 Å². The molecule has 1 aromatic carbocycles. The molecule has 0 radical (unpaired) electrons. The van der Waals surface area contributed by atoms with Gasteiger partial charge in [-0.1, -0.05) is 109 Å². The summed E-state index contributed by atoms with van der Waals surface area (Å²) in [5.41, 5.74) is 0.774. The van der Waals surface area contributed by atoms with E-state index in [1.807, 2.05) is 10.8 Å². The highest BCUT2D eigenvalue weighted by atomic mass is 16.5. The summed E-state index contributed by atoms with van der Waals surface area (Å²) in [7, 11) is 0. The van der Waals surface area contributed by atoms with Crippen LogP contribution in [0, 0.1) is 0 Å². The van der Waals surface area contributed by atoms with Crippen LogP contribution in [0.2, 0.25) is 0 Å². The van der Waals surface area contributed by atoms with Crippen molar-refractivity contribution >= 4 is 6.20 Å². The maximum atomic E-state index is 12.1. The molecule has 0 saturated heterocycles. The van der Waals surface area contributed by atoms with Crippen LogP contribution in [-0.2, 0) is 6.61 Å². The monoisotopic (exact) mass is 467 g/mol. The Hall–Kier alpha value is -2.49. The normalized spacial score (nSPS) is 11.3. The SMILES string of the molecule is CCCCCCCCCCCCCCCCC=Cn1ccc(=O)c(OCc2ccc(O)cc2)c1. The van der Waals surface area contributed by atoms with Gasteiger partial charge in [0, 0.05) is 18.5 Å². The average Bonchev–Trinajstić information content (AvgIpc) is 2.85. The molecule has 4 nitrogen and oxygen atoms in total. The van der Waals surface area contributed by atoms with E-state index in [1.54, 1.807) is 36.7 Å². The molecule has 1 aromatic heterocycles. The van der Waals surface area contributed by atoms with Crippen LogP contribution in [0.1, 0.15) is 109 Å². The van der Waals surface area contributed by atoms with Crippen LogP contribution in [0.3, 0.4) is 0 Å². The maximum absolute atomic E-state index is 12.1. The zero-order valence-corrected chi connectivity index (χ0v) is 21.2. The average molecular weight is 468 g/mol. The highest BCUT2D eigenvalue weighted by Crippen LogP contribution is 2.14. The first kappa shape index (κ1) is 27.8. The zero-order chi connectivity index (χ0) is 24.3. The van der Waals surface area contributed by atoms with Crippen LogP contribution in [0.4, 0.5) is 0 Å². The molecule has 0 bridgehead atoms. The van der Waals surface area contributed by atoms with Crippen molar-refractivity contribution in [2.45, 2.75) is 110 Å². The summed E-state index contributed by atoms with van der Waals surface area (Å²) >= 11 is 0. The molecule has 0 saturated carbocycles. The Kier molecular flexibility index (Phi) is 14.6. The van der Waals surface area contributed by atoms with Crippen molar-refractivity contribution in [2.75, 3.05) is 0 Å². The molecule has 0 aliphatic rings. The fourth-order valence-corrected chi connectivity index (χ4v) is 4.09. The van der Waals surface area contributed by atoms with Gasteiger partial charge in [-0.3, -0.25) is 4.79 Å². The first-order chi connectivity index (χ1) is 16.7. The number of hydrogen-bond donors (Lipinski definition) is 1. The summed E-state index contributed by atoms with van der Waals surface area (Å²) in [5.74, 6) is 0.548. The fourth-order valence-electron chi connectivity index (χ4n) is 4.09. The van der Waals surface area contributed by atoms with Crippen molar-refractivity contribution in [3.63, 3.8) is 0 Å². The number of ether oxygens (including phenoxy) is 1. The Morgan fingerprint density at radius 2 is 1.35 bits per heavy atom. The maximum Gasteiger partial charge on any atom is 0.223 e. The van der Waals surface area contributed by atoms with Gasteiger partial charge >= 0.3 is 0 Å². The van der Waals surface area contributed by atoms with Crippen molar-refractivity contribution in [3.05, 3.63) is 64.6 Å². The van der Waals surface area contributed by atoms with Crippen LogP contribution >= 0.6 is 0 Å². The molecule has 0 fully saturated rings. The van der Waals surface area contributed by atoms with E-state index in [-0.39, 0.29) is 11.2 Å². The third-order valence-corrected chi connectivity index (χ3v) is 6.24. The predicted molar refractivity (Wildman–Crippen MR) is 143 cm³/mol. The molecule has 0 aliphatic carbocycles. The molecule has 0 atom stereocenters. The standard InChI is InChI=1S/C30H45NO3/c1-2-3-4-5-6-7-8-9-10-11-12-13-14-15-16-17-23-31-24-22-29(33)30(25-31)34-26-27-18-20-28(32)21-19-27/h17-25,32H,2-16,26H2,1H3. The molecule has 1 N–H and O–H groups in total. The zero-order valence-electron chi connectivity index (χ0n) is 21.2. The topological polar surface area (TPSA) is 51.5 Å². The number of aromatic nitrogens is 1. The highest BCUT2D eigenvalue weighted by molar-refractivity contribution is 5.29. The third kappa shape index (κ3) is 12.7. The number of rotatable bonds is 19. The smallest absolute Gasteiger partial charge is 0.223 e. The minimum absolute atomic E-state index is 0.129. The molecule has 0 unspecified atom stereocenters. The molecule has 0 aliphatic heterocycles. The largest absolute Gasteiger partial charge is 0.508 e. The van der Waals surface area contributed by atoms with Gasteiger partial charge in [-0.25, -0.2) is 0 Å². The van der Waals surface area contributed by atoms with Crippen molar-refractivity contribution in [3.8, 4) is 11.5 Å². The van der Waals surface area contributed by atoms with Crippen molar-refractivity contribution in [1.82, 2.24) is 4.57 Å². The molecule has 1 heterocycles. The fraction of sp³-hybridized carbons (Fsp3) is 0.567. The van der Waals surface area contributed by atoms with Crippen molar-refractivity contribution < 1.29 is 9.84 Å². The number of benzene rings is 1. The molecule has 0 amide bonds. The second-order valence-electron chi connectivity index (χ2n) is 9.35. The van der Waals surface area contributed by atoms with Crippen LogP contribution in [-0.4, -0.2) is 9.67 Å². The Bertz CT molecular complexity index is 854. The Morgan fingerprint density at radius 1 is 0.794 bits per heavy atom. The summed E-state index contributed by atoms with van der Waals surface area (Å²) in [6, 6.07) is 8.33. The van der Waals surface area contributed by atoms with E-state index in [9.17, 15) is 9.90 Å². The quantitative estimate of drug-likeness (QED) is 0.211. The summed E-state index contributed by atoms with van der Waals surface area (Å²) in [4.78, 5) is 12.1. The van der Waals surface area contributed by atoms with Crippen molar-refractivity contribution in [2.24, 2.45) is 0 Å². The first-order valence-corrected chi connectivity index (χ1v) is 13.5. The van der Waals surface area contributed by atoms with E-state index in [0.29, 0.717) is 12.4 Å². The Morgan fingerprint density at radius 3 is 1.94 bits per heavy atom. The highest BCUT2D eigenvalue weighted by Gasteiger charge is 2.02. The molecular formula is C30H45NO3. The molecule has 34 heavy (non-hydrogen) atoms. The third-order valence-electron chi connectivity index (χ3n) is 6.24. The van der Waals surface area contributed by atoms with Crippen LogP contribution in [0.25, 0.3) is 6.20 Å². The number of phenols is 1. The van der Waals surface area contributed by atoms with E-state index in [2.05, 4.69) is 13.0 Å². The summed E-state index contributed by atoms with van der Waals surface area (Å²) in [6.07, 6.45) is 28.0. The van der Waals surface area contributed by atoms with Crippen LogP contribution < -0.4 is 10.2 Å². The summed E-state index contributed by atoms with van der Waals surface area (Å²) < 4.78 is 7.56. The van der Waals surface area contributed by atoms with E-state index in [1.165, 1.54) is 96.0 Å². The number of unbranched alkanes of at least 4 members (excludes halogenated alkanes) is 14. The van der Waals surface area contributed by atoms with Gasteiger partial charge in [0.2, 0.25) is 5.43 Å². The molecular weight excluding hydrogens is 422 g/mol. The van der Waals surface area contributed by atoms with Gasteiger partial charge in [-0.05, 0) is 30.5 Å². The number of nitrogens with zero attached hydrogens (tertiary/aromatic N) is 1. The predicted octanol–water partition coefficient (Wildman–Crippen LogP) is 8.48. The van der Waals surface area contributed by atoms with Gasteiger partial charge < -0.3 is 14.4 Å². The van der Waals surface area contributed by atoms with E-state index in [0.717, 1.165) is 12.0 Å². The first-order valence-electron chi connectivity index (χ1n) is 13.5. The minimum atomic E-state index is -0.129.